The van der Waals surface area contributed by atoms with Gasteiger partial charge in [-0.2, -0.15) is 0 Å². The van der Waals surface area contributed by atoms with Crippen molar-refractivity contribution in [3.63, 3.8) is 0 Å². The van der Waals surface area contributed by atoms with Crippen molar-refractivity contribution in [2.45, 2.75) is 50.5 Å². The summed E-state index contributed by atoms with van der Waals surface area (Å²) in [6, 6.07) is 0. The molecule has 0 aromatic carbocycles. The van der Waals surface area contributed by atoms with Gasteiger partial charge in [0.1, 0.15) is 0 Å². The summed E-state index contributed by atoms with van der Waals surface area (Å²) >= 11 is 0. The summed E-state index contributed by atoms with van der Waals surface area (Å²) in [5.41, 5.74) is 6.26. The molecule has 1 amide bonds. The van der Waals surface area contributed by atoms with Crippen molar-refractivity contribution in [1.82, 2.24) is 4.90 Å². The van der Waals surface area contributed by atoms with Crippen LogP contribution in [0.4, 0.5) is 0 Å². The second-order valence-corrected chi connectivity index (χ2v) is 6.02. The van der Waals surface area contributed by atoms with E-state index in [2.05, 4.69) is 4.90 Å². The Morgan fingerprint density at radius 2 is 1.94 bits per heavy atom. The Bertz CT molecular complexity index is 298. The summed E-state index contributed by atoms with van der Waals surface area (Å²) in [6.45, 7) is 1.76. The molecule has 0 spiro atoms. The molecule has 0 aromatic heterocycles. The monoisotopic (exact) mass is 222 g/mol. The van der Waals surface area contributed by atoms with Crippen LogP contribution in [0.2, 0.25) is 0 Å². The van der Waals surface area contributed by atoms with Crippen molar-refractivity contribution in [3.8, 4) is 0 Å². The zero-order valence-electron chi connectivity index (χ0n) is 9.95. The highest BCUT2D eigenvalue weighted by molar-refractivity contribution is 5.79. The Hall–Kier alpha value is -0.570. The van der Waals surface area contributed by atoms with Gasteiger partial charge < -0.3 is 10.6 Å². The molecule has 3 aliphatic rings. The van der Waals surface area contributed by atoms with Crippen molar-refractivity contribution in [2.24, 2.45) is 17.6 Å². The van der Waals surface area contributed by atoms with Crippen molar-refractivity contribution in [3.05, 3.63) is 0 Å². The number of carbonyl (C=O) groups excluding carboxylic acids is 1. The number of rotatable bonds is 1. The van der Waals surface area contributed by atoms with Crippen LogP contribution in [0.5, 0.6) is 0 Å². The van der Waals surface area contributed by atoms with Gasteiger partial charge in [-0.1, -0.05) is 19.3 Å². The number of nitrogens with two attached hydrogens (primary N) is 1. The lowest BCUT2D eigenvalue weighted by Crippen LogP contribution is -2.54. The highest BCUT2D eigenvalue weighted by Crippen LogP contribution is 2.43. The first-order valence-corrected chi connectivity index (χ1v) is 6.77. The van der Waals surface area contributed by atoms with Gasteiger partial charge in [-0.25, -0.2) is 0 Å². The molecule has 3 nitrogen and oxygen atoms in total. The zero-order chi connectivity index (χ0) is 11.2. The van der Waals surface area contributed by atoms with E-state index in [1.54, 1.807) is 0 Å². The molecule has 0 radical (unpaired) electrons. The van der Waals surface area contributed by atoms with Crippen LogP contribution < -0.4 is 5.73 Å². The number of amides is 1. The molecule has 3 rings (SSSR count). The normalized spacial score (nSPS) is 39.3. The number of nitrogens with zero attached hydrogens (tertiary/aromatic N) is 1. The van der Waals surface area contributed by atoms with Crippen LogP contribution in [0.25, 0.3) is 0 Å². The minimum absolute atomic E-state index is 0.00960. The first kappa shape index (κ1) is 10.6. The predicted octanol–water partition coefficient (Wildman–Crippen LogP) is 1.52. The standard InChI is InChI=1S/C13H22N2O/c14-13-7-6-11(13)8-15(9-13)12(16)10-4-2-1-3-5-10/h10-11H,1-9,14H2. The zero-order valence-corrected chi connectivity index (χ0v) is 9.95. The molecule has 2 unspecified atom stereocenters. The first-order chi connectivity index (χ1) is 7.69. The molecule has 2 saturated carbocycles. The van der Waals surface area contributed by atoms with Gasteiger partial charge in [0, 0.05) is 24.5 Å². The molecule has 0 bridgehead atoms. The van der Waals surface area contributed by atoms with Gasteiger partial charge in [-0.05, 0) is 31.6 Å². The predicted molar refractivity (Wildman–Crippen MR) is 62.8 cm³/mol. The van der Waals surface area contributed by atoms with Crippen molar-refractivity contribution in [1.29, 1.82) is 0 Å². The molecule has 90 valence electrons. The summed E-state index contributed by atoms with van der Waals surface area (Å²) in [4.78, 5) is 14.4. The third-order valence-electron chi connectivity index (χ3n) is 4.96. The summed E-state index contributed by atoms with van der Waals surface area (Å²) in [6.07, 6.45) is 8.35. The quantitative estimate of drug-likeness (QED) is 0.731. The molecule has 1 saturated heterocycles. The molecular weight excluding hydrogens is 200 g/mol. The second-order valence-electron chi connectivity index (χ2n) is 6.02. The molecule has 2 aliphatic carbocycles. The third kappa shape index (κ3) is 1.56. The van der Waals surface area contributed by atoms with E-state index in [-0.39, 0.29) is 5.54 Å². The van der Waals surface area contributed by atoms with E-state index in [1.165, 1.54) is 25.7 Å². The fourth-order valence-corrected chi connectivity index (χ4v) is 3.66. The average Bonchev–Trinajstić information content (AvgIpc) is 2.54. The molecule has 3 heteroatoms. The highest BCUT2D eigenvalue weighted by Gasteiger charge is 2.51. The smallest absolute Gasteiger partial charge is 0.225 e. The fraction of sp³-hybridized carbons (Fsp3) is 0.923. The fourth-order valence-electron chi connectivity index (χ4n) is 3.66. The van der Waals surface area contributed by atoms with Gasteiger partial charge in [0.05, 0.1) is 0 Å². The molecular formula is C13H22N2O. The van der Waals surface area contributed by atoms with Gasteiger partial charge in [0.2, 0.25) is 5.91 Å². The van der Waals surface area contributed by atoms with Crippen molar-refractivity contribution in [2.75, 3.05) is 13.1 Å². The van der Waals surface area contributed by atoms with Crippen molar-refractivity contribution < 1.29 is 4.79 Å². The molecule has 2 atom stereocenters. The Kier molecular flexibility index (Phi) is 2.46. The number of hydrogen-bond acceptors (Lipinski definition) is 2. The summed E-state index contributed by atoms with van der Waals surface area (Å²) in [7, 11) is 0. The van der Waals surface area contributed by atoms with E-state index in [0.717, 1.165) is 32.4 Å². The largest absolute Gasteiger partial charge is 0.340 e. The topological polar surface area (TPSA) is 46.3 Å². The number of carbonyl (C=O) groups is 1. The molecule has 1 heterocycles. The lowest BCUT2D eigenvalue weighted by Gasteiger charge is -2.40. The van der Waals surface area contributed by atoms with Crippen LogP contribution >= 0.6 is 0 Å². The third-order valence-corrected chi connectivity index (χ3v) is 4.96. The van der Waals surface area contributed by atoms with Crippen LogP contribution in [0.3, 0.4) is 0 Å². The van der Waals surface area contributed by atoms with Crippen LogP contribution in [-0.2, 0) is 4.79 Å². The SMILES string of the molecule is NC12CCC1CN(C(=O)C1CCCCC1)C2. The summed E-state index contributed by atoms with van der Waals surface area (Å²) < 4.78 is 0. The maximum Gasteiger partial charge on any atom is 0.225 e. The molecule has 3 fully saturated rings. The van der Waals surface area contributed by atoms with E-state index >= 15 is 0 Å². The molecule has 1 aliphatic heterocycles. The van der Waals surface area contributed by atoms with Crippen LogP contribution in [0, 0.1) is 11.8 Å². The average molecular weight is 222 g/mol. The summed E-state index contributed by atoms with van der Waals surface area (Å²) in [5.74, 6) is 1.31. The first-order valence-electron chi connectivity index (χ1n) is 6.77. The number of likely N-dealkylation sites (tertiary alicyclic amines) is 1. The van der Waals surface area contributed by atoms with Crippen LogP contribution in [0.1, 0.15) is 44.9 Å². The minimum atomic E-state index is -0.00960. The Labute approximate surface area is 97.4 Å². The van der Waals surface area contributed by atoms with E-state index in [9.17, 15) is 4.79 Å². The van der Waals surface area contributed by atoms with E-state index in [1.807, 2.05) is 0 Å². The Morgan fingerprint density at radius 3 is 2.44 bits per heavy atom. The number of hydrogen-bond donors (Lipinski definition) is 1. The van der Waals surface area contributed by atoms with Gasteiger partial charge in [-0.15, -0.1) is 0 Å². The highest BCUT2D eigenvalue weighted by atomic mass is 16.2. The molecule has 0 aromatic rings. The lowest BCUT2D eigenvalue weighted by molar-refractivity contribution is -0.135. The maximum atomic E-state index is 12.3. The van der Waals surface area contributed by atoms with E-state index in [0.29, 0.717) is 17.7 Å². The van der Waals surface area contributed by atoms with E-state index in [4.69, 9.17) is 5.73 Å². The maximum absolute atomic E-state index is 12.3. The lowest BCUT2D eigenvalue weighted by atomic mass is 9.70. The van der Waals surface area contributed by atoms with Crippen LogP contribution in [0.15, 0.2) is 0 Å². The van der Waals surface area contributed by atoms with Crippen LogP contribution in [-0.4, -0.2) is 29.4 Å². The van der Waals surface area contributed by atoms with Gasteiger partial charge >= 0.3 is 0 Å². The Morgan fingerprint density at radius 1 is 1.19 bits per heavy atom. The minimum Gasteiger partial charge on any atom is -0.340 e. The number of fused-ring (bicyclic) bond motifs is 1. The van der Waals surface area contributed by atoms with E-state index < -0.39 is 0 Å². The van der Waals surface area contributed by atoms with Gasteiger partial charge in [-0.3, -0.25) is 4.79 Å². The van der Waals surface area contributed by atoms with Gasteiger partial charge in [0.25, 0.3) is 0 Å². The second kappa shape index (κ2) is 3.73. The molecule has 16 heavy (non-hydrogen) atoms. The van der Waals surface area contributed by atoms with Gasteiger partial charge in [0.15, 0.2) is 0 Å². The molecule has 2 N–H and O–H groups in total. The Balaban J connectivity index is 1.63. The van der Waals surface area contributed by atoms with Crippen molar-refractivity contribution >= 4 is 5.91 Å². The summed E-state index contributed by atoms with van der Waals surface area (Å²) in [5, 5.41) is 0.